The zero-order valence-corrected chi connectivity index (χ0v) is 83.2. The number of aromatic nitrogens is 1. The predicted molar refractivity (Wildman–Crippen MR) is 523 cm³/mol. The number of carbonyl (C=O) groups excluding carboxylic acids is 15. The number of carbonyl (C=O) groups is 15. The molecule has 139 heavy (non-hydrogen) atoms. The lowest BCUT2D eigenvalue weighted by Crippen LogP contribution is -2.63. The number of anilines is 1. The maximum atomic E-state index is 15.1. The number of benzene rings is 4. The van der Waals surface area contributed by atoms with Crippen molar-refractivity contribution in [3.05, 3.63) is 148 Å². The van der Waals surface area contributed by atoms with Crippen LogP contribution in [0.2, 0.25) is 5.02 Å². The van der Waals surface area contributed by atoms with Gasteiger partial charge in [-0.1, -0.05) is 146 Å². The summed E-state index contributed by atoms with van der Waals surface area (Å²) in [6.45, 7) is 11.5. The second-order valence-corrected chi connectivity index (χ2v) is 40.6. The highest BCUT2D eigenvalue weighted by Gasteiger charge is 2.65. The van der Waals surface area contributed by atoms with Gasteiger partial charge in [-0.05, 0) is 140 Å². The Morgan fingerprint density at radius 3 is 2.06 bits per heavy atom. The van der Waals surface area contributed by atoms with E-state index in [1.165, 1.54) is 78.3 Å². The van der Waals surface area contributed by atoms with Crippen LogP contribution in [-0.2, 0) is 112 Å². The standard InChI is InChI=1S/C93H126ClN17O24S4/c1-47-21-20-27-71(132-12)93(130)42-70(133-91(129)109-93)48(2)78-92(8,135-78)72(41-74(116)111(10)68-38-56(35-47)39-69(131-11)75(68)94)134-90(128)51(5)110(9)73(115)32-34-136-137-44-65(79(97)117)104-81(119)50(4)99-80(118)49(3)100-88(126)76(52(6)112)108-87(125)67-46-139-138-45-66(105-82(120)60(96)36-54-22-14-13-15-23-54)86(124)102-63(37-55-28-30-58(114)31-29-55)84(122)103-64(40-57-43-98-61-25-17-16-24-59(57)61)85(123)101-62(26-18-19-33-95)83(121)107-77(53(7)113)89(127)106-67/h13-17,20-25,27-31,38-39,43,48-53,60,62-67,70-72,76-78,98,112-114,130H,18-19,26,32-37,40-42,44-46,95-96H2,1-12H3,(H2,97,117)(H,99,118)(H,100,126)(H,101,123)(H,102,124)(H,103,122)(H,104,119)(H,105,120)(H,106,127)(H,107,121)(H,108,125)(H,109,129)/b27-20+,47-21+/t48-,49+,50+,51+,52-,53-,60-,62+,63+,64-,65+,66+,67+,70+,71-,72+,76+,77+,78+,92+,93+/m1/s1. The van der Waals surface area contributed by atoms with Crippen LogP contribution in [0.15, 0.2) is 121 Å². The summed E-state index contributed by atoms with van der Waals surface area (Å²) in [7, 11) is 9.56. The van der Waals surface area contributed by atoms with Crippen molar-refractivity contribution in [3.63, 3.8) is 0 Å². The van der Waals surface area contributed by atoms with Gasteiger partial charge in [0.05, 0.1) is 43.6 Å². The van der Waals surface area contributed by atoms with Crippen molar-refractivity contribution in [2.75, 3.05) is 62.8 Å². The molecule has 0 unspecified atom stereocenters. The third kappa shape index (κ3) is 31.1. The zero-order valence-electron chi connectivity index (χ0n) is 79.1. The fraction of sp³-hybridized carbons (Fsp3) is 0.516. The highest BCUT2D eigenvalue weighted by atomic mass is 35.5. The van der Waals surface area contributed by atoms with Gasteiger partial charge >= 0.3 is 12.1 Å². The SMILES string of the molecule is COc1cc2cc(c1Cl)N(C)C(=O)C[C@H](OC(=O)[C@H](C)N(C)C(=O)CCSSC[C@H](NC(=O)[C@H](C)NC(=O)[C@H](C)NC(=O)[C@@H](NC(=O)[C@@H]1CSSC[C@H](NC(=O)[C@H](N)Cc3ccccc3)C(=O)N[C@@H](Cc3ccc(O)cc3)C(=O)N[C@H](Cc3c[nH]c4ccccc34)C(=O)N[C@@H](CCCCN)C(=O)N[C@@H]([C@@H](C)O)C(=O)N1)[C@@H](C)O)C(N)=O)[C@]1(C)O[C@H]1[C@H](C)[C@@H]1C[C@@](O)(NC(=O)O1)[C@H](OC)/C=C/C=C(\C)C2. The maximum absolute atomic E-state index is 15.1. The molecule has 0 radical (unpaired) electrons. The number of H-pyrrole nitrogens is 1. The van der Waals surface area contributed by atoms with E-state index in [0.717, 1.165) is 67.5 Å². The molecule has 46 heteroatoms. The Kier molecular flexibility index (Phi) is 41.5. The summed E-state index contributed by atoms with van der Waals surface area (Å²) >= 11 is 6.87. The topological polar surface area (TPSA) is 619 Å². The first kappa shape index (κ1) is 111. The molecule has 3 saturated heterocycles. The van der Waals surface area contributed by atoms with Crippen LogP contribution in [0.1, 0.15) is 116 Å². The molecule has 41 nitrogen and oxygen atoms in total. The number of amides is 14. The molecule has 0 aliphatic carbocycles. The lowest BCUT2D eigenvalue weighted by molar-refractivity contribution is -0.162. The monoisotopic (exact) mass is 2030 g/mol. The fourth-order valence-corrected chi connectivity index (χ4v) is 20.6. The average molecular weight is 2030 g/mol. The van der Waals surface area contributed by atoms with Crippen molar-refractivity contribution < 1.29 is 116 Å². The Balaban J connectivity index is 0.838. The normalized spacial score (nSPS) is 25.5. The van der Waals surface area contributed by atoms with E-state index >= 15 is 9.59 Å². The lowest BCUT2D eigenvalue weighted by Gasteiger charge is -2.42. The largest absolute Gasteiger partial charge is 0.508 e. The fourth-order valence-electron chi connectivity index (χ4n) is 15.8. The van der Waals surface area contributed by atoms with Gasteiger partial charge < -0.3 is 129 Å². The number of phenols is 1. The third-order valence-electron chi connectivity index (χ3n) is 24.3. The molecular weight excluding hydrogens is 1900 g/mol. The smallest absolute Gasteiger partial charge is 0.409 e. The van der Waals surface area contributed by atoms with Crippen molar-refractivity contribution in [2.24, 2.45) is 23.1 Å². The number of unbranched alkanes of at least 4 members (excludes halogenated alkanes) is 1. The number of methoxy groups -OCH3 is 2. The number of aromatic amines is 1. The molecule has 0 spiro atoms. The molecule has 22 N–H and O–H groups in total. The van der Waals surface area contributed by atoms with Gasteiger partial charge in [-0.25, -0.2) is 9.59 Å². The number of ether oxygens (including phenoxy) is 5. The number of hydrogen-bond acceptors (Lipinski definition) is 30. The van der Waals surface area contributed by atoms with Crippen molar-refractivity contribution in [3.8, 4) is 11.5 Å². The number of nitrogens with one attached hydrogen (secondary N) is 12. The molecular formula is C93H126ClN17O24S4. The average Bonchev–Trinajstić information content (AvgIpc) is 1.57. The van der Waals surface area contributed by atoms with Gasteiger partial charge in [0.25, 0.3) is 0 Å². The minimum Gasteiger partial charge on any atom is -0.508 e. The number of alkyl carbamates (subject to hydrolysis) is 1. The molecule has 3 fully saturated rings. The van der Waals surface area contributed by atoms with E-state index in [-0.39, 0.29) is 91.0 Å². The van der Waals surface area contributed by atoms with Gasteiger partial charge in [-0.15, -0.1) is 0 Å². The first-order valence-corrected chi connectivity index (χ1v) is 50.6. The van der Waals surface area contributed by atoms with Crippen LogP contribution in [0.3, 0.4) is 0 Å². The first-order valence-electron chi connectivity index (χ1n) is 45.2. The minimum absolute atomic E-state index is 0.0192. The summed E-state index contributed by atoms with van der Waals surface area (Å²) in [5, 5.41) is 73.7. The van der Waals surface area contributed by atoms with Crippen molar-refractivity contribution in [1.82, 2.24) is 68.4 Å². The molecule has 4 aliphatic heterocycles. The number of aliphatic hydroxyl groups is 3. The summed E-state index contributed by atoms with van der Waals surface area (Å²) < 4.78 is 29.6. The lowest BCUT2D eigenvalue weighted by atomic mass is 9.83. The van der Waals surface area contributed by atoms with Crippen molar-refractivity contribution in [1.29, 1.82) is 0 Å². The Labute approximate surface area is 825 Å². The number of fused-ring (bicyclic) bond motifs is 6. The van der Waals surface area contributed by atoms with Gasteiger partial charge in [0.2, 0.25) is 76.8 Å². The van der Waals surface area contributed by atoms with E-state index in [0.29, 0.717) is 46.0 Å². The quantitative estimate of drug-likeness (QED) is 0.0119. The van der Waals surface area contributed by atoms with Gasteiger partial charge in [0, 0.05) is 92.9 Å². The number of aliphatic hydroxyl groups excluding tert-OH is 2. The zero-order chi connectivity index (χ0) is 102. The van der Waals surface area contributed by atoms with Crippen LogP contribution >= 0.6 is 54.8 Å². The molecule has 0 saturated carbocycles. The van der Waals surface area contributed by atoms with Crippen LogP contribution in [0, 0.1) is 5.92 Å². The third-order valence-corrected chi connectivity index (χ3v) is 29.5. The Bertz CT molecular complexity index is 5280. The van der Waals surface area contributed by atoms with Gasteiger partial charge in [0.15, 0.2) is 5.72 Å². The number of allylic oxidation sites excluding steroid dienone is 3. The first-order chi connectivity index (χ1) is 65.9. The molecule has 14 amide bonds. The summed E-state index contributed by atoms with van der Waals surface area (Å²) in [4.78, 5) is 220. The number of hydrogen-bond donors (Lipinski definition) is 19. The molecule has 1 aromatic heterocycles. The van der Waals surface area contributed by atoms with E-state index in [2.05, 4.69) is 63.5 Å². The molecule has 9 rings (SSSR count). The van der Waals surface area contributed by atoms with Crippen molar-refractivity contribution >= 4 is 160 Å². The molecule has 4 aromatic carbocycles. The van der Waals surface area contributed by atoms with E-state index in [1.54, 1.807) is 105 Å². The Hall–Kier alpha value is -11.2. The molecule has 5 aromatic rings. The van der Waals surface area contributed by atoms with E-state index < -0.39 is 227 Å². The van der Waals surface area contributed by atoms with E-state index in [1.807, 2.05) is 6.92 Å². The Morgan fingerprint density at radius 1 is 0.763 bits per heavy atom. The number of esters is 1. The van der Waals surface area contributed by atoms with Gasteiger partial charge in [-0.3, -0.25) is 67.6 Å². The van der Waals surface area contributed by atoms with E-state index in [4.69, 9.17) is 52.5 Å². The number of halogens is 1. The summed E-state index contributed by atoms with van der Waals surface area (Å²) in [5.74, 6) is -14.4. The molecule has 4 aliphatic rings. The van der Waals surface area contributed by atoms with Crippen LogP contribution < -0.4 is 85.3 Å². The number of phenolic OH excluding ortho intramolecular Hbond substituents is 1. The highest BCUT2D eigenvalue weighted by molar-refractivity contribution is 8.77. The van der Waals surface area contributed by atoms with Crippen LogP contribution in [-0.4, -0.2) is 297 Å². The minimum atomic E-state index is -1.96. The summed E-state index contributed by atoms with van der Waals surface area (Å²) in [5.41, 5.74) is 18.9. The maximum Gasteiger partial charge on any atom is 0.409 e. The number of likely N-dealkylation sites (N-methyl/N-ethyl adjacent to an activating group) is 1. The van der Waals surface area contributed by atoms with Crippen LogP contribution in [0.25, 0.3) is 10.9 Å². The van der Waals surface area contributed by atoms with E-state index in [9.17, 15) is 82.8 Å². The number of nitrogens with zero attached hydrogens (tertiary/aromatic N) is 2. The van der Waals surface area contributed by atoms with Gasteiger partial charge in [-0.2, -0.15) is 0 Å². The Morgan fingerprint density at radius 2 is 1.40 bits per heavy atom. The molecule has 5 heterocycles. The van der Waals surface area contributed by atoms with Crippen LogP contribution in [0.4, 0.5) is 10.5 Å². The second-order valence-electron chi connectivity index (χ2n) is 35.0. The number of rotatable bonds is 34. The predicted octanol–water partition coefficient (Wildman–Crippen LogP) is 1.19. The summed E-state index contributed by atoms with van der Waals surface area (Å²) in [6.07, 6.45) is -2.34. The second kappa shape index (κ2) is 51.8. The molecule has 4 bridgehead atoms. The molecule has 758 valence electrons. The summed E-state index contributed by atoms with van der Waals surface area (Å²) in [6, 6.07) is 6.52. The number of primary amides is 1. The van der Waals surface area contributed by atoms with Gasteiger partial charge in [0.1, 0.15) is 107 Å². The number of aromatic hydroxyl groups is 1. The van der Waals surface area contributed by atoms with Crippen molar-refractivity contribution in [2.45, 2.75) is 240 Å². The number of para-hydroxylation sites is 1. The highest BCUT2D eigenvalue weighted by Crippen LogP contribution is 2.50. The number of nitrogens with two attached hydrogens (primary N) is 3. The number of epoxide rings is 1. The van der Waals surface area contributed by atoms with Crippen LogP contribution in [0.5, 0.6) is 11.5 Å². The molecule has 21 atom stereocenters.